The van der Waals surface area contributed by atoms with Gasteiger partial charge in [0.05, 0.1) is 15.6 Å². The van der Waals surface area contributed by atoms with E-state index in [1.54, 1.807) is 0 Å². The smallest absolute Gasteiger partial charge is 0.270 e. The minimum atomic E-state index is -0.577. The summed E-state index contributed by atoms with van der Waals surface area (Å²) in [5, 5.41) is 13.5. The zero-order valence-electron chi connectivity index (χ0n) is 11.0. The van der Waals surface area contributed by atoms with E-state index in [9.17, 15) is 18.9 Å². The van der Waals surface area contributed by atoms with Gasteiger partial charge in [0.15, 0.2) is 0 Å². The molecule has 0 saturated carbocycles. The van der Waals surface area contributed by atoms with E-state index in [-0.39, 0.29) is 28.5 Å². The molecule has 0 aliphatic carbocycles. The molecular formula is C14H11ClF2N2O2. The Morgan fingerprint density at radius 2 is 1.95 bits per heavy atom. The largest absolute Gasteiger partial charge is 0.378 e. The van der Waals surface area contributed by atoms with Gasteiger partial charge in [-0.15, -0.1) is 0 Å². The minimum Gasteiger partial charge on any atom is -0.378 e. The van der Waals surface area contributed by atoms with Crippen molar-refractivity contribution in [2.45, 2.75) is 13.5 Å². The highest BCUT2D eigenvalue weighted by atomic mass is 35.5. The molecule has 1 N–H and O–H groups in total. The normalized spacial score (nSPS) is 10.5. The first-order valence-corrected chi connectivity index (χ1v) is 6.38. The monoisotopic (exact) mass is 312 g/mol. The van der Waals surface area contributed by atoms with Gasteiger partial charge in [-0.3, -0.25) is 10.1 Å². The van der Waals surface area contributed by atoms with Gasteiger partial charge >= 0.3 is 0 Å². The molecule has 2 aromatic carbocycles. The molecule has 0 bridgehead atoms. The summed E-state index contributed by atoms with van der Waals surface area (Å²) in [6, 6.07) is 6.13. The van der Waals surface area contributed by atoms with Gasteiger partial charge in [-0.2, -0.15) is 0 Å². The molecule has 110 valence electrons. The van der Waals surface area contributed by atoms with Gasteiger partial charge in [-0.05, 0) is 30.2 Å². The lowest BCUT2D eigenvalue weighted by molar-refractivity contribution is -0.384. The van der Waals surface area contributed by atoms with Crippen molar-refractivity contribution in [1.82, 2.24) is 0 Å². The summed E-state index contributed by atoms with van der Waals surface area (Å²) in [5.41, 5.74) is 0.637. The minimum absolute atomic E-state index is 0.00696. The molecule has 0 saturated heterocycles. The number of hydrogen-bond acceptors (Lipinski definition) is 3. The SMILES string of the molecule is Cc1cc(F)c(NCc2ccc([N+](=O)[O-])cc2Cl)cc1F. The van der Waals surface area contributed by atoms with Crippen molar-refractivity contribution in [1.29, 1.82) is 0 Å². The standard InChI is InChI=1S/C14H11ClF2N2O2/c1-8-4-13(17)14(6-12(8)16)18-7-9-2-3-10(19(20)21)5-11(9)15/h2-6,18H,7H2,1H3. The van der Waals surface area contributed by atoms with Crippen molar-refractivity contribution in [3.8, 4) is 0 Å². The maximum absolute atomic E-state index is 13.7. The molecule has 4 nitrogen and oxygen atoms in total. The average molecular weight is 313 g/mol. The van der Waals surface area contributed by atoms with E-state index >= 15 is 0 Å². The van der Waals surface area contributed by atoms with Gasteiger partial charge in [0.1, 0.15) is 11.6 Å². The summed E-state index contributed by atoms with van der Waals surface area (Å²) >= 11 is 5.92. The molecule has 0 aliphatic heterocycles. The summed E-state index contributed by atoms with van der Waals surface area (Å²) in [4.78, 5) is 10.0. The van der Waals surface area contributed by atoms with Crippen LogP contribution in [0, 0.1) is 28.7 Å². The number of hydrogen-bond donors (Lipinski definition) is 1. The van der Waals surface area contributed by atoms with Crippen LogP contribution in [-0.2, 0) is 6.54 Å². The molecule has 21 heavy (non-hydrogen) atoms. The quantitative estimate of drug-likeness (QED) is 0.670. The van der Waals surface area contributed by atoms with Crippen LogP contribution in [0.2, 0.25) is 5.02 Å². The molecule has 0 spiro atoms. The first kappa shape index (κ1) is 15.2. The number of nitro benzene ring substituents is 1. The number of anilines is 1. The van der Waals surface area contributed by atoms with Crippen molar-refractivity contribution < 1.29 is 13.7 Å². The Balaban J connectivity index is 2.17. The highest BCUT2D eigenvalue weighted by Crippen LogP contribution is 2.24. The topological polar surface area (TPSA) is 55.2 Å². The van der Waals surface area contributed by atoms with Crippen LogP contribution in [0.1, 0.15) is 11.1 Å². The van der Waals surface area contributed by atoms with E-state index in [0.29, 0.717) is 5.56 Å². The van der Waals surface area contributed by atoms with Crippen molar-refractivity contribution >= 4 is 23.0 Å². The number of halogens is 3. The Morgan fingerprint density at radius 1 is 1.24 bits per heavy atom. The van der Waals surface area contributed by atoms with Crippen LogP contribution < -0.4 is 5.32 Å². The number of nitro groups is 1. The van der Waals surface area contributed by atoms with Gasteiger partial charge in [0.25, 0.3) is 5.69 Å². The molecule has 0 heterocycles. The number of rotatable bonds is 4. The van der Waals surface area contributed by atoms with Gasteiger partial charge in [0, 0.05) is 24.7 Å². The Bertz CT molecular complexity index is 708. The number of nitrogens with one attached hydrogen (secondary N) is 1. The number of non-ortho nitro benzene ring substituents is 1. The Labute approximate surface area is 124 Å². The summed E-state index contributed by atoms with van der Waals surface area (Å²) < 4.78 is 27.1. The third-order valence-corrected chi connectivity index (χ3v) is 3.32. The maximum Gasteiger partial charge on any atom is 0.270 e. The van der Waals surface area contributed by atoms with Crippen molar-refractivity contribution in [3.05, 3.63) is 68.2 Å². The van der Waals surface area contributed by atoms with Crippen LogP contribution in [0.25, 0.3) is 0 Å². The third-order valence-electron chi connectivity index (χ3n) is 2.97. The summed E-state index contributed by atoms with van der Waals surface area (Å²) in [5.74, 6) is -1.10. The third kappa shape index (κ3) is 3.46. The molecule has 0 atom stereocenters. The van der Waals surface area contributed by atoms with Crippen LogP contribution in [0.4, 0.5) is 20.2 Å². The Hall–Kier alpha value is -2.21. The van der Waals surface area contributed by atoms with Gasteiger partial charge in [0.2, 0.25) is 0 Å². The summed E-state index contributed by atoms with van der Waals surface area (Å²) in [6.07, 6.45) is 0. The number of benzene rings is 2. The second-order valence-electron chi connectivity index (χ2n) is 4.47. The second-order valence-corrected chi connectivity index (χ2v) is 4.87. The van der Waals surface area contributed by atoms with Gasteiger partial charge in [-0.1, -0.05) is 11.6 Å². The van der Waals surface area contributed by atoms with Crippen LogP contribution in [0.15, 0.2) is 30.3 Å². The van der Waals surface area contributed by atoms with Crippen LogP contribution >= 0.6 is 11.6 Å². The zero-order valence-corrected chi connectivity index (χ0v) is 11.7. The van der Waals surface area contributed by atoms with Crippen molar-refractivity contribution in [2.75, 3.05) is 5.32 Å². The molecule has 0 aromatic heterocycles. The second kappa shape index (κ2) is 6.05. The molecule has 7 heteroatoms. The average Bonchev–Trinajstić information content (AvgIpc) is 2.42. The fraction of sp³-hybridized carbons (Fsp3) is 0.143. The number of aryl methyl sites for hydroxylation is 1. The van der Waals surface area contributed by atoms with Crippen LogP contribution in [0.3, 0.4) is 0 Å². The van der Waals surface area contributed by atoms with E-state index < -0.39 is 16.6 Å². The number of nitrogens with zero attached hydrogens (tertiary/aromatic N) is 1. The predicted molar refractivity (Wildman–Crippen MR) is 76.5 cm³/mol. The molecule has 2 rings (SSSR count). The Kier molecular flexibility index (Phi) is 4.37. The van der Waals surface area contributed by atoms with Gasteiger partial charge < -0.3 is 5.32 Å². The summed E-state index contributed by atoms with van der Waals surface area (Å²) in [7, 11) is 0. The predicted octanol–water partition coefficient (Wildman–Crippen LogP) is 4.45. The lowest BCUT2D eigenvalue weighted by Crippen LogP contribution is -2.03. The van der Waals surface area contributed by atoms with Crippen molar-refractivity contribution in [2.24, 2.45) is 0 Å². The fourth-order valence-corrected chi connectivity index (χ4v) is 2.01. The zero-order chi connectivity index (χ0) is 15.6. The van der Waals surface area contributed by atoms with E-state index in [2.05, 4.69) is 5.32 Å². The first-order valence-electron chi connectivity index (χ1n) is 6.01. The molecule has 0 radical (unpaired) electrons. The Morgan fingerprint density at radius 3 is 2.57 bits per heavy atom. The molecular weight excluding hydrogens is 302 g/mol. The van der Waals surface area contributed by atoms with Gasteiger partial charge in [-0.25, -0.2) is 8.78 Å². The molecule has 0 fully saturated rings. The van der Waals surface area contributed by atoms with E-state index in [4.69, 9.17) is 11.6 Å². The van der Waals surface area contributed by atoms with Crippen LogP contribution in [-0.4, -0.2) is 4.92 Å². The highest BCUT2D eigenvalue weighted by molar-refractivity contribution is 6.31. The van der Waals surface area contributed by atoms with Crippen molar-refractivity contribution in [3.63, 3.8) is 0 Å². The molecule has 2 aromatic rings. The van der Waals surface area contributed by atoms with E-state index in [1.807, 2.05) is 0 Å². The molecule has 0 unspecified atom stereocenters. The van der Waals surface area contributed by atoms with Crippen LogP contribution in [0.5, 0.6) is 0 Å². The maximum atomic E-state index is 13.7. The van der Waals surface area contributed by atoms with E-state index in [0.717, 1.165) is 12.1 Å². The van der Waals surface area contributed by atoms with E-state index in [1.165, 1.54) is 25.1 Å². The molecule has 0 aliphatic rings. The fourth-order valence-electron chi connectivity index (χ4n) is 1.77. The lowest BCUT2D eigenvalue weighted by atomic mass is 10.1. The summed E-state index contributed by atoms with van der Waals surface area (Å²) in [6.45, 7) is 1.59. The molecule has 0 amide bonds. The first-order chi connectivity index (χ1) is 9.88. The highest BCUT2D eigenvalue weighted by Gasteiger charge is 2.11. The lowest BCUT2D eigenvalue weighted by Gasteiger charge is -2.10.